The highest BCUT2D eigenvalue weighted by Gasteiger charge is 2.39. The molecular formula is C19H15ClN2O3S. The highest BCUT2D eigenvalue weighted by Crippen LogP contribution is 2.39. The lowest BCUT2D eigenvalue weighted by Gasteiger charge is -2.24. The van der Waals surface area contributed by atoms with Gasteiger partial charge in [-0.15, -0.1) is 0 Å². The molecule has 1 aliphatic rings. The quantitative estimate of drug-likeness (QED) is 0.664. The van der Waals surface area contributed by atoms with Crippen LogP contribution in [-0.4, -0.2) is 18.5 Å². The second-order valence-electron chi connectivity index (χ2n) is 5.86. The molecule has 1 atom stereocenters. The molecule has 0 bridgehead atoms. The zero-order valence-corrected chi connectivity index (χ0v) is 15.2. The van der Waals surface area contributed by atoms with Crippen molar-refractivity contribution in [2.45, 2.75) is 17.4 Å². The third-order valence-electron chi connectivity index (χ3n) is 4.23. The van der Waals surface area contributed by atoms with Crippen molar-refractivity contribution in [2.75, 3.05) is 0 Å². The number of hydrazone groups is 1. The van der Waals surface area contributed by atoms with E-state index in [1.54, 1.807) is 48.5 Å². The predicted octanol–water partition coefficient (Wildman–Crippen LogP) is 4.47. The summed E-state index contributed by atoms with van der Waals surface area (Å²) in [5.41, 5.74) is 1.28. The summed E-state index contributed by atoms with van der Waals surface area (Å²) in [7, 11) is -3.83. The van der Waals surface area contributed by atoms with Crippen LogP contribution >= 0.6 is 11.6 Å². The SMILES string of the molecule is O=S(=O)(c1ccccc1)N1N=C(c2ccco2)C[C@H]1c1ccccc1Cl. The maximum Gasteiger partial charge on any atom is 0.279 e. The first-order valence-corrected chi connectivity index (χ1v) is 9.84. The van der Waals surface area contributed by atoms with E-state index in [9.17, 15) is 8.42 Å². The van der Waals surface area contributed by atoms with Crippen LogP contribution in [0.15, 0.2) is 87.4 Å². The van der Waals surface area contributed by atoms with Gasteiger partial charge in [0.2, 0.25) is 0 Å². The van der Waals surface area contributed by atoms with Gasteiger partial charge >= 0.3 is 0 Å². The first kappa shape index (κ1) is 16.9. The Kier molecular flexibility index (Phi) is 4.30. The maximum atomic E-state index is 13.2. The topological polar surface area (TPSA) is 62.9 Å². The van der Waals surface area contributed by atoms with Crippen molar-refractivity contribution in [2.24, 2.45) is 5.10 Å². The smallest absolute Gasteiger partial charge is 0.279 e. The number of furan rings is 1. The summed E-state index contributed by atoms with van der Waals surface area (Å²) in [6.07, 6.45) is 1.92. The molecule has 0 amide bonds. The monoisotopic (exact) mass is 386 g/mol. The van der Waals surface area contributed by atoms with E-state index in [1.807, 2.05) is 18.2 Å². The van der Waals surface area contributed by atoms with Gasteiger partial charge in [-0.1, -0.05) is 48.0 Å². The van der Waals surface area contributed by atoms with Crippen LogP contribution in [0.4, 0.5) is 0 Å². The molecular weight excluding hydrogens is 372 g/mol. The summed E-state index contributed by atoms with van der Waals surface area (Å²) in [5, 5.41) is 4.89. The minimum Gasteiger partial charge on any atom is -0.463 e. The van der Waals surface area contributed by atoms with Crippen LogP contribution in [-0.2, 0) is 10.0 Å². The van der Waals surface area contributed by atoms with Crippen LogP contribution in [0.2, 0.25) is 5.02 Å². The number of nitrogens with zero attached hydrogens (tertiary/aromatic N) is 2. The van der Waals surface area contributed by atoms with Gasteiger partial charge < -0.3 is 4.42 Å². The lowest BCUT2D eigenvalue weighted by molar-refractivity contribution is 0.371. The molecule has 1 aliphatic heterocycles. The number of hydrogen-bond donors (Lipinski definition) is 0. The van der Waals surface area contributed by atoms with Crippen LogP contribution in [0.3, 0.4) is 0 Å². The van der Waals surface area contributed by atoms with Crippen molar-refractivity contribution >= 4 is 27.3 Å². The molecule has 7 heteroatoms. The Labute approximate surface area is 156 Å². The Morgan fingerprint density at radius 2 is 1.73 bits per heavy atom. The van der Waals surface area contributed by atoms with Crippen LogP contribution in [0, 0.1) is 0 Å². The molecule has 132 valence electrons. The Hall–Kier alpha value is -2.57. The molecule has 4 rings (SSSR count). The minimum absolute atomic E-state index is 0.182. The summed E-state index contributed by atoms with van der Waals surface area (Å²) in [5.74, 6) is 0.549. The van der Waals surface area contributed by atoms with E-state index in [4.69, 9.17) is 16.0 Å². The van der Waals surface area contributed by atoms with Gasteiger partial charge in [-0.05, 0) is 35.9 Å². The third-order valence-corrected chi connectivity index (χ3v) is 6.27. The van der Waals surface area contributed by atoms with Gasteiger partial charge in [0.25, 0.3) is 10.0 Å². The summed E-state index contributed by atoms with van der Waals surface area (Å²) in [6.45, 7) is 0. The molecule has 0 N–H and O–H groups in total. The van der Waals surface area contributed by atoms with E-state index in [2.05, 4.69) is 5.10 Å². The molecule has 5 nitrogen and oxygen atoms in total. The summed E-state index contributed by atoms with van der Waals surface area (Å²) < 4.78 is 32.9. The van der Waals surface area contributed by atoms with Crippen molar-refractivity contribution in [1.82, 2.24) is 4.41 Å². The Bertz CT molecular complexity index is 1050. The Morgan fingerprint density at radius 1 is 1.00 bits per heavy atom. The summed E-state index contributed by atoms with van der Waals surface area (Å²) in [6, 6.07) is 18.4. The summed E-state index contributed by atoms with van der Waals surface area (Å²) >= 11 is 6.34. The van der Waals surface area contributed by atoms with Crippen LogP contribution in [0.25, 0.3) is 0 Å². The van der Waals surface area contributed by atoms with Crippen molar-refractivity contribution in [3.63, 3.8) is 0 Å². The van der Waals surface area contributed by atoms with Gasteiger partial charge in [0.1, 0.15) is 11.5 Å². The van der Waals surface area contributed by atoms with E-state index in [-0.39, 0.29) is 4.90 Å². The largest absolute Gasteiger partial charge is 0.463 e. The second kappa shape index (κ2) is 6.63. The lowest BCUT2D eigenvalue weighted by Crippen LogP contribution is -2.27. The maximum absolute atomic E-state index is 13.2. The molecule has 2 heterocycles. The average molecular weight is 387 g/mol. The molecule has 26 heavy (non-hydrogen) atoms. The van der Waals surface area contributed by atoms with E-state index >= 15 is 0 Å². The number of benzene rings is 2. The lowest BCUT2D eigenvalue weighted by atomic mass is 10.0. The van der Waals surface area contributed by atoms with Crippen molar-refractivity contribution in [1.29, 1.82) is 0 Å². The number of rotatable bonds is 4. The van der Waals surface area contributed by atoms with Gasteiger partial charge in [-0.3, -0.25) is 0 Å². The van der Waals surface area contributed by atoms with Crippen molar-refractivity contribution in [3.05, 3.63) is 89.3 Å². The Balaban J connectivity index is 1.83. The standard InChI is InChI=1S/C19H15ClN2O3S/c20-16-10-5-4-9-15(16)18-13-17(19-11-6-12-25-19)21-22(18)26(23,24)14-7-2-1-3-8-14/h1-12,18H,13H2/t18-/m0/s1. The Morgan fingerprint density at radius 3 is 2.42 bits per heavy atom. The molecule has 0 fully saturated rings. The van der Waals surface area contributed by atoms with E-state index in [0.29, 0.717) is 28.5 Å². The highest BCUT2D eigenvalue weighted by atomic mass is 35.5. The molecule has 0 spiro atoms. The van der Waals surface area contributed by atoms with E-state index in [0.717, 1.165) is 4.41 Å². The zero-order chi connectivity index (χ0) is 18.1. The molecule has 0 unspecified atom stereocenters. The fourth-order valence-corrected chi connectivity index (χ4v) is 4.69. The van der Waals surface area contributed by atoms with Crippen molar-refractivity contribution < 1.29 is 12.8 Å². The van der Waals surface area contributed by atoms with Crippen LogP contribution in [0.1, 0.15) is 23.8 Å². The zero-order valence-electron chi connectivity index (χ0n) is 13.6. The average Bonchev–Trinajstić information content (AvgIpc) is 3.33. The molecule has 0 radical (unpaired) electrons. The molecule has 3 aromatic rings. The normalized spacial score (nSPS) is 17.3. The summed E-state index contributed by atoms with van der Waals surface area (Å²) in [4.78, 5) is 0.182. The van der Waals surface area contributed by atoms with Crippen LogP contribution in [0.5, 0.6) is 0 Å². The number of halogens is 1. The fraction of sp³-hybridized carbons (Fsp3) is 0.105. The first-order valence-electron chi connectivity index (χ1n) is 8.02. The van der Waals surface area contributed by atoms with Gasteiger partial charge in [-0.25, -0.2) is 0 Å². The van der Waals surface area contributed by atoms with Gasteiger partial charge in [0.05, 0.1) is 17.2 Å². The third kappa shape index (κ3) is 2.91. The number of hydrogen-bond acceptors (Lipinski definition) is 4. The second-order valence-corrected chi connectivity index (χ2v) is 8.06. The van der Waals surface area contributed by atoms with Gasteiger partial charge in [0.15, 0.2) is 0 Å². The molecule has 0 aliphatic carbocycles. The van der Waals surface area contributed by atoms with E-state index in [1.165, 1.54) is 6.26 Å². The van der Waals surface area contributed by atoms with E-state index < -0.39 is 16.1 Å². The molecule has 1 aromatic heterocycles. The predicted molar refractivity (Wildman–Crippen MR) is 99.5 cm³/mol. The minimum atomic E-state index is -3.83. The first-order chi connectivity index (χ1) is 12.6. The number of sulfonamides is 1. The molecule has 0 saturated carbocycles. The van der Waals surface area contributed by atoms with Gasteiger partial charge in [-0.2, -0.15) is 17.9 Å². The van der Waals surface area contributed by atoms with Gasteiger partial charge in [0, 0.05) is 11.4 Å². The highest BCUT2D eigenvalue weighted by molar-refractivity contribution is 7.89. The van der Waals surface area contributed by atoms with Crippen LogP contribution < -0.4 is 0 Å². The fourth-order valence-electron chi connectivity index (χ4n) is 2.98. The molecule has 0 saturated heterocycles. The molecule has 2 aromatic carbocycles. The van der Waals surface area contributed by atoms with Crippen molar-refractivity contribution in [3.8, 4) is 0 Å².